The second-order valence-electron chi connectivity index (χ2n) is 3.57. The van der Waals surface area contributed by atoms with Gasteiger partial charge in [-0.05, 0) is 18.2 Å². The van der Waals surface area contributed by atoms with Gasteiger partial charge < -0.3 is 10.1 Å². The van der Waals surface area contributed by atoms with E-state index in [4.69, 9.17) is 5.11 Å². The SMILES string of the molecule is O=C(O)CCc1nc2cc(Br)ccc2c(=O)[nH]1. The number of nitrogens with one attached hydrogen (secondary N) is 1. The molecule has 0 aliphatic carbocycles. The third-order valence-corrected chi connectivity index (χ3v) is 2.79. The molecule has 0 radical (unpaired) electrons. The number of halogens is 1. The molecule has 88 valence electrons. The number of carboxylic acids is 1. The van der Waals surface area contributed by atoms with Crippen LogP contribution in [0.4, 0.5) is 0 Å². The number of nitrogens with zero attached hydrogens (tertiary/aromatic N) is 1. The fourth-order valence-electron chi connectivity index (χ4n) is 1.50. The summed E-state index contributed by atoms with van der Waals surface area (Å²) >= 11 is 3.30. The van der Waals surface area contributed by atoms with Crippen LogP contribution in [0.25, 0.3) is 10.9 Å². The first-order chi connectivity index (χ1) is 8.06. The lowest BCUT2D eigenvalue weighted by Crippen LogP contribution is -2.13. The van der Waals surface area contributed by atoms with E-state index in [0.29, 0.717) is 16.7 Å². The van der Waals surface area contributed by atoms with Crippen molar-refractivity contribution in [2.45, 2.75) is 12.8 Å². The highest BCUT2D eigenvalue weighted by Crippen LogP contribution is 2.15. The van der Waals surface area contributed by atoms with Gasteiger partial charge in [-0.25, -0.2) is 4.98 Å². The van der Waals surface area contributed by atoms with Crippen molar-refractivity contribution >= 4 is 32.8 Å². The number of aliphatic carboxylic acids is 1. The van der Waals surface area contributed by atoms with Gasteiger partial charge in [-0.15, -0.1) is 0 Å². The molecule has 6 heteroatoms. The van der Waals surface area contributed by atoms with E-state index in [1.54, 1.807) is 18.2 Å². The predicted molar refractivity (Wildman–Crippen MR) is 66.0 cm³/mol. The van der Waals surface area contributed by atoms with Crippen molar-refractivity contribution in [2.24, 2.45) is 0 Å². The second kappa shape index (κ2) is 4.67. The number of H-pyrrole nitrogens is 1. The van der Waals surface area contributed by atoms with Crippen LogP contribution in [0.1, 0.15) is 12.2 Å². The molecule has 0 saturated heterocycles. The van der Waals surface area contributed by atoms with Crippen molar-refractivity contribution < 1.29 is 9.90 Å². The van der Waals surface area contributed by atoms with Crippen molar-refractivity contribution in [3.05, 3.63) is 38.9 Å². The summed E-state index contributed by atoms with van der Waals surface area (Å²) in [5.41, 5.74) is 0.311. The summed E-state index contributed by atoms with van der Waals surface area (Å²) < 4.78 is 0.826. The van der Waals surface area contributed by atoms with Crippen LogP contribution in [-0.4, -0.2) is 21.0 Å². The predicted octanol–water partition coefficient (Wildman–Crippen LogP) is 1.70. The molecule has 17 heavy (non-hydrogen) atoms. The van der Waals surface area contributed by atoms with Gasteiger partial charge in [-0.2, -0.15) is 0 Å². The van der Waals surface area contributed by atoms with Crippen molar-refractivity contribution in [2.75, 3.05) is 0 Å². The molecule has 1 heterocycles. The number of rotatable bonds is 3. The highest BCUT2D eigenvalue weighted by atomic mass is 79.9. The number of carbonyl (C=O) groups is 1. The third kappa shape index (κ3) is 2.71. The number of aromatic amines is 1. The lowest BCUT2D eigenvalue weighted by Gasteiger charge is -2.01. The average molecular weight is 297 g/mol. The van der Waals surface area contributed by atoms with E-state index in [-0.39, 0.29) is 18.4 Å². The molecule has 0 amide bonds. The van der Waals surface area contributed by atoms with E-state index in [1.165, 1.54) is 0 Å². The van der Waals surface area contributed by atoms with Gasteiger partial charge in [0.1, 0.15) is 5.82 Å². The largest absolute Gasteiger partial charge is 0.481 e. The Morgan fingerprint density at radius 3 is 2.94 bits per heavy atom. The monoisotopic (exact) mass is 296 g/mol. The fourth-order valence-corrected chi connectivity index (χ4v) is 1.85. The topological polar surface area (TPSA) is 83.0 Å². The summed E-state index contributed by atoms with van der Waals surface area (Å²) in [7, 11) is 0. The molecule has 2 N–H and O–H groups in total. The van der Waals surface area contributed by atoms with Crippen molar-refractivity contribution in [3.8, 4) is 0 Å². The molecular formula is C11H9BrN2O3. The first-order valence-corrected chi connectivity index (χ1v) is 5.76. The molecule has 1 aromatic heterocycles. The Balaban J connectivity index is 2.46. The minimum atomic E-state index is -0.915. The minimum absolute atomic E-state index is 0.0531. The number of aryl methyl sites for hydroxylation is 1. The van der Waals surface area contributed by atoms with Crippen LogP contribution in [0.15, 0.2) is 27.5 Å². The van der Waals surface area contributed by atoms with Crippen molar-refractivity contribution in [3.63, 3.8) is 0 Å². The molecule has 5 nitrogen and oxygen atoms in total. The van der Waals surface area contributed by atoms with Crippen LogP contribution < -0.4 is 5.56 Å². The lowest BCUT2D eigenvalue weighted by molar-refractivity contribution is -0.137. The molecule has 0 aliphatic rings. The van der Waals surface area contributed by atoms with E-state index in [1.807, 2.05) is 0 Å². The third-order valence-electron chi connectivity index (χ3n) is 2.29. The molecule has 2 rings (SSSR count). The van der Waals surface area contributed by atoms with Gasteiger partial charge in [0, 0.05) is 10.9 Å². The maximum atomic E-state index is 11.7. The van der Waals surface area contributed by atoms with Gasteiger partial charge in [0.2, 0.25) is 0 Å². The maximum absolute atomic E-state index is 11.7. The number of fused-ring (bicyclic) bond motifs is 1. The minimum Gasteiger partial charge on any atom is -0.481 e. The van der Waals surface area contributed by atoms with E-state index in [9.17, 15) is 9.59 Å². The first-order valence-electron chi connectivity index (χ1n) is 4.96. The van der Waals surface area contributed by atoms with Crippen LogP contribution in [0.5, 0.6) is 0 Å². The van der Waals surface area contributed by atoms with Crippen LogP contribution in [0.2, 0.25) is 0 Å². The molecule has 0 unspecified atom stereocenters. The molecule has 0 saturated carbocycles. The summed E-state index contributed by atoms with van der Waals surface area (Å²) in [4.78, 5) is 28.9. The summed E-state index contributed by atoms with van der Waals surface area (Å²) in [6, 6.07) is 5.16. The van der Waals surface area contributed by atoms with Crippen LogP contribution in [0, 0.1) is 0 Å². The Labute approximate surface area is 105 Å². The normalized spacial score (nSPS) is 10.6. The lowest BCUT2D eigenvalue weighted by atomic mass is 10.2. The number of carboxylic acid groups (broad SMARTS) is 1. The molecule has 0 fully saturated rings. The van der Waals surface area contributed by atoms with E-state index in [0.717, 1.165) is 4.47 Å². The quantitative estimate of drug-likeness (QED) is 0.903. The van der Waals surface area contributed by atoms with Gasteiger partial charge in [0.25, 0.3) is 5.56 Å². The molecule has 0 atom stereocenters. The number of aromatic nitrogens is 2. The molecular weight excluding hydrogens is 288 g/mol. The Morgan fingerprint density at radius 2 is 2.24 bits per heavy atom. The number of hydrogen-bond donors (Lipinski definition) is 2. The average Bonchev–Trinajstić information content (AvgIpc) is 2.25. The Morgan fingerprint density at radius 1 is 1.47 bits per heavy atom. The first kappa shape index (κ1) is 11.8. The van der Waals surface area contributed by atoms with Crippen molar-refractivity contribution in [1.29, 1.82) is 0 Å². The van der Waals surface area contributed by atoms with E-state index in [2.05, 4.69) is 25.9 Å². The highest BCUT2D eigenvalue weighted by Gasteiger charge is 2.06. The highest BCUT2D eigenvalue weighted by molar-refractivity contribution is 9.10. The van der Waals surface area contributed by atoms with Gasteiger partial charge in [-0.3, -0.25) is 9.59 Å². The summed E-state index contributed by atoms with van der Waals surface area (Å²) in [5.74, 6) is -0.523. The van der Waals surface area contributed by atoms with E-state index < -0.39 is 5.97 Å². The molecule has 0 bridgehead atoms. The van der Waals surface area contributed by atoms with Crippen LogP contribution in [0.3, 0.4) is 0 Å². The van der Waals surface area contributed by atoms with E-state index >= 15 is 0 Å². The second-order valence-corrected chi connectivity index (χ2v) is 4.48. The Kier molecular flexibility index (Phi) is 3.23. The van der Waals surface area contributed by atoms with Crippen LogP contribution in [-0.2, 0) is 11.2 Å². The number of benzene rings is 1. The summed E-state index contributed by atoms with van der Waals surface area (Å²) in [5, 5.41) is 9.07. The summed E-state index contributed by atoms with van der Waals surface area (Å²) in [6.07, 6.45) is 0.162. The van der Waals surface area contributed by atoms with Gasteiger partial charge in [0.15, 0.2) is 0 Å². The van der Waals surface area contributed by atoms with Crippen LogP contribution >= 0.6 is 15.9 Å². The Bertz CT molecular complexity index is 636. The standard InChI is InChI=1S/C11H9BrN2O3/c12-6-1-2-7-8(5-6)13-9(14-11(7)17)3-4-10(15)16/h1-2,5H,3-4H2,(H,15,16)(H,13,14,17). The fraction of sp³-hybridized carbons (Fsp3) is 0.182. The zero-order valence-corrected chi connectivity index (χ0v) is 10.3. The molecule has 2 aromatic rings. The summed E-state index contributed by atoms with van der Waals surface area (Å²) in [6.45, 7) is 0. The molecule has 1 aromatic carbocycles. The van der Waals surface area contributed by atoms with Crippen molar-refractivity contribution in [1.82, 2.24) is 9.97 Å². The zero-order chi connectivity index (χ0) is 12.4. The maximum Gasteiger partial charge on any atom is 0.303 e. The Hall–Kier alpha value is -1.69. The smallest absolute Gasteiger partial charge is 0.303 e. The van der Waals surface area contributed by atoms with Gasteiger partial charge in [0.05, 0.1) is 17.3 Å². The molecule has 0 spiro atoms. The zero-order valence-electron chi connectivity index (χ0n) is 8.74. The number of hydrogen-bond acceptors (Lipinski definition) is 3. The van der Waals surface area contributed by atoms with Gasteiger partial charge in [-0.1, -0.05) is 15.9 Å². The van der Waals surface area contributed by atoms with Gasteiger partial charge >= 0.3 is 5.97 Å². The molecule has 0 aliphatic heterocycles.